The third-order valence-corrected chi connectivity index (χ3v) is 3.61. The second-order valence-electron chi connectivity index (χ2n) is 5.30. The van der Waals surface area contributed by atoms with Crippen LogP contribution in [-0.4, -0.2) is 29.7 Å². The van der Waals surface area contributed by atoms with Crippen LogP contribution in [0.2, 0.25) is 0 Å². The molecule has 0 saturated heterocycles. The van der Waals surface area contributed by atoms with Gasteiger partial charge in [0.15, 0.2) is 17.5 Å². The molecule has 0 saturated carbocycles. The van der Waals surface area contributed by atoms with Crippen LogP contribution < -0.4 is 0 Å². The van der Waals surface area contributed by atoms with Crippen LogP contribution in [0, 0.1) is 5.82 Å². The third-order valence-electron chi connectivity index (χ3n) is 3.61. The number of rotatable bonds is 4. The van der Waals surface area contributed by atoms with Crippen LogP contribution in [0.25, 0.3) is 23.2 Å². The van der Waals surface area contributed by atoms with Crippen molar-refractivity contribution in [2.45, 2.75) is 6.54 Å². The summed E-state index contributed by atoms with van der Waals surface area (Å²) in [6.45, 7) is 0.222. The first-order chi connectivity index (χ1) is 12.3. The number of benzene rings is 1. The zero-order valence-electron chi connectivity index (χ0n) is 13.1. The lowest BCUT2D eigenvalue weighted by Crippen LogP contribution is -2.07. The molecule has 3 aromatic heterocycles. The van der Waals surface area contributed by atoms with Crippen LogP contribution >= 0.6 is 0 Å². The Kier molecular flexibility index (Phi) is 3.96. The van der Waals surface area contributed by atoms with E-state index < -0.39 is 0 Å². The van der Waals surface area contributed by atoms with Gasteiger partial charge in [0, 0.05) is 24.2 Å². The van der Waals surface area contributed by atoms with Gasteiger partial charge in [0.05, 0.1) is 6.54 Å². The molecule has 0 amide bonds. The predicted molar refractivity (Wildman–Crippen MR) is 89.8 cm³/mol. The lowest BCUT2D eigenvalue weighted by molar-refractivity contribution is 0.586. The minimum absolute atomic E-state index is 0.222. The first-order valence-corrected chi connectivity index (χ1v) is 7.68. The normalized spacial score (nSPS) is 10.8. The Hall–Kier alpha value is -3.48. The topological polar surface area (TPSA) is 69.4 Å². The molecule has 1 aromatic carbocycles. The van der Waals surface area contributed by atoms with E-state index in [0.717, 1.165) is 0 Å². The Morgan fingerprint density at radius 1 is 0.800 bits per heavy atom. The largest absolute Gasteiger partial charge is 0.253 e. The number of aromatic nitrogens is 6. The first kappa shape index (κ1) is 15.1. The van der Waals surface area contributed by atoms with Crippen molar-refractivity contribution in [2.75, 3.05) is 0 Å². The predicted octanol–water partition coefficient (Wildman–Crippen LogP) is 2.98. The molecule has 0 bridgehead atoms. The van der Waals surface area contributed by atoms with E-state index in [9.17, 15) is 4.39 Å². The van der Waals surface area contributed by atoms with Crippen molar-refractivity contribution in [3.63, 3.8) is 0 Å². The van der Waals surface area contributed by atoms with Gasteiger partial charge in [-0.05, 0) is 24.3 Å². The van der Waals surface area contributed by atoms with Crippen molar-refractivity contribution >= 4 is 0 Å². The smallest absolute Gasteiger partial charge is 0.200 e. The molecular weight excluding hydrogens is 319 g/mol. The van der Waals surface area contributed by atoms with E-state index >= 15 is 0 Å². The van der Waals surface area contributed by atoms with Gasteiger partial charge in [-0.25, -0.2) is 24.0 Å². The molecular formula is C18H13FN6. The molecule has 0 fully saturated rings. The molecule has 7 heteroatoms. The maximum absolute atomic E-state index is 14.0. The summed E-state index contributed by atoms with van der Waals surface area (Å²) >= 11 is 0. The van der Waals surface area contributed by atoms with Gasteiger partial charge >= 0.3 is 0 Å². The van der Waals surface area contributed by atoms with Crippen molar-refractivity contribution in [3.05, 3.63) is 78.5 Å². The van der Waals surface area contributed by atoms with Gasteiger partial charge in [0.1, 0.15) is 11.5 Å². The standard InChI is InChI=1S/C18H13FN6/c19-14-7-2-1-6-13(14)12-25-18(17-21-10-5-11-22-17)23-16(24-25)15-8-3-4-9-20-15/h1-11H,12H2. The van der Waals surface area contributed by atoms with Crippen LogP contribution in [0.4, 0.5) is 4.39 Å². The number of nitrogens with zero attached hydrogens (tertiary/aromatic N) is 6. The van der Waals surface area contributed by atoms with E-state index in [-0.39, 0.29) is 12.4 Å². The van der Waals surface area contributed by atoms with Gasteiger partial charge in [-0.1, -0.05) is 24.3 Å². The van der Waals surface area contributed by atoms with Gasteiger partial charge in [0.2, 0.25) is 0 Å². The summed E-state index contributed by atoms with van der Waals surface area (Å²) < 4.78 is 15.6. The molecule has 122 valence electrons. The Labute approximate surface area is 143 Å². The molecule has 4 rings (SSSR count). The van der Waals surface area contributed by atoms with Crippen LogP contribution in [0.1, 0.15) is 5.56 Å². The highest BCUT2D eigenvalue weighted by Crippen LogP contribution is 2.20. The van der Waals surface area contributed by atoms with Gasteiger partial charge in [-0.3, -0.25) is 4.98 Å². The molecule has 0 atom stereocenters. The maximum Gasteiger partial charge on any atom is 0.200 e. The molecule has 25 heavy (non-hydrogen) atoms. The van der Waals surface area contributed by atoms with Crippen LogP contribution in [0.5, 0.6) is 0 Å². The Balaban J connectivity index is 1.81. The second kappa shape index (κ2) is 6.56. The monoisotopic (exact) mass is 332 g/mol. The molecule has 6 nitrogen and oxygen atoms in total. The van der Waals surface area contributed by atoms with Crippen molar-refractivity contribution in [1.82, 2.24) is 29.7 Å². The second-order valence-corrected chi connectivity index (χ2v) is 5.30. The zero-order valence-corrected chi connectivity index (χ0v) is 13.1. The van der Waals surface area contributed by atoms with Crippen LogP contribution in [-0.2, 0) is 6.54 Å². The molecule has 4 aromatic rings. The van der Waals surface area contributed by atoms with Crippen molar-refractivity contribution in [3.8, 4) is 23.2 Å². The van der Waals surface area contributed by atoms with E-state index in [1.807, 2.05) is 18.2 Å². The van der Waals surface area contributed by atoms with E-state index in [4.69, 9.17) is 0 Å². The minimum Gasteiger partial charge on any atom is -0.253 e. The van der Waals surface area contributed by atoms with Crippen LogP contribution in [0.15, 0.2) is 67.1 Å². The molecule has 3 heterocycles. The van der Waals surface area contributed by atoms with Crippen molar-refractivity contribution in [1.29, 1.82) is 0 Å². The lowest BCUT2D eigenvalue weighted by atomic mass is 10.2. The fraction of sp³-hybridized carbons (Fsp3) is 0.0556. The zero-order chi connectivity index (χ0) is 17.1. The molecule has 0 aliphatic heterocycles. The lowest BCUT2D eigenvalue weighted by Gasteiger charge is -2.05. The summed E-state index contributed by atoms with van der Waals surface area (Å²) in [7, 11) is 0. The molecule has 0 aliphatic rings. The Morgan fingerprint density at radius 2 is 1.56 bits per heavy atom. The van der Waals surface area contributed by atoms with Gasteiger partial charge in [-0.2, -0.15) is 0 Å². The SMILES string of the molecule is Fc1ccccc1Cn1nc(-c2ccccn2)nc1-c1ncccn1. The average Bonchev–Trinajstić information content (AvgIpc) is 3.09. The molecule has 0 radical (unpaired) electrons. The summed E-state index contributed by atoms with van der Waals surface area (Å²) in [5.41, 5.74) is 1.14. The summed E-state index contributed by atoms with van der Waals surface area (Å²) in [4.78, 5) is 17.3. The molecule has 0 unspecified atom stereocenters. The Morgan fingerprint density at radius 3 is 2.32 bits per heavy atom. The fourth-order valence-corrected chi connectivity index (χ4v) is 2.42. The first-order valence-electron chi connectivity index (χ1n) is 7.68. The average molecular weight is 332 g/mol. The highest BCUT2D eigenvalue weighted by Gasteiger charge is 2.17. The third kappa shape index (κ3) is 3.12. The van der Waals surface area contributed by atoms with Crippen molar-refractivity contribution < 1.29 is 4.39 Å². The fourth-order valence-electron chi connectivity index (χ4n) is 2.42. The highest BCUT2D eigenvalue weighted by atomic mass is 19.1. The van der Waals surface area contributed by atoms with E-state index in [1.54, 1.807) is 47.5 Å². The van der Waals surface area contributed by atoms with E-state index in [1.165, 1.54) is 6.07 Å². The summed E-state index contributed by atoms with van der Waals surface area (Å²) in [5.74, 6) is 1.04. The van der Waals surface area contributed by atoms with Crippen molar-refractivity contribution in [2.24, 2.45) is 0 Å². The van der Waals surface area contributed by atoms with Gasteiger partial charge in [0.25, 0.3) is 0 Å². The van der Waals surface area contributed by atoms with Crippen LogP contribution in [0.3, 0.4) is 0 Å². The number of hydrogen-bond acceptors (Lipinski definition) is 5. The number of hydrogen-bond donors (Lipinski definition) is 0. The summed E-state index contributed by atoms with van der Waals surface area (Å²) in [6, 6.07) is 13.8. The molecule has 0 aliphatic carbocycles. The molecule has 0 spiro atoms. The highest BCUT2D eigenvalue weighted by molar-refractivity contribution is 5.54. The summed E-state index contributed by atoms with van der Waals surface area (Å²) in [6.07, 6.45) is 4.93. The van der Waals surface area contributed by atoms with Gasteiger partial charge < -0.3 is 0 Å². The van der Waals surface area contributed by atoms with Gasteiger partial charge in [-0.15, -0.1) is 5.10 Å². The minimum atomic E-state index is -0.294. The Bertz CT molecular complexity index is 985. The summed E-state index contributed by atoms with van der Waals surface area (Å²) in [5, 5.41) is 4.49. The number of halogens is 1. The quantitative estimate of drug-likeness (QED) is 0.575. The maximum atomic E-state index is 14.0. The number of pyridine rings is 1. The van der Waals surface area contributed by atoms with E-state index in [2.05, 4.69) is 25.0 Å². The molecule has 0 N–H and O–H groups in total. The van der Waals surface area contributed by atoms with E-state index in [0.29, 0.717) is 28.7 Å².